The fourth-order valence-corrected chi connectivity index (χ4v) is 3.37. The standard InChI is InChI=1S/C24H33FN4O2/c1-3-26-24(28-18-21-7-8-23(25)19(2)15-21)27-17-20-5-4-6-22(16-20)31-14-11-29-9-12-30-13-10-29/h4-8,15-16H,3,9-14,17-18H2,1-2H3,(H2,26,27,28). The highest BCUT2D eigenvalue weighted by Gasteiger charge is 2.09. The molecule has 1 heterocycles. The van der Waals surface area contributed by atoms with E-state index in [4.69, 9.17) is 9.47 Å². The minimum atomic E-state index is -0.184. The van der Waals surface area contributed by atoms with E-state index in [1.807, 2.05) is 37.3 Å². The van der Waals surface area contributed by atoms with Crippen LogP contribution in [0, 0.1) is 12.7 Å². The Kier molecular flexibility index (Phi) is 9.12. The minimum absolute atomic E-state index is 0.184. The van der Waals surface area contributed by atoms with Crippen LogP contribution in [0.4, 0.5) is 4.39 Å². The molecular formula is C24H33FN4O2. The van der Waals surface area contributed by atoms with E-state index in [2.05, 4.69) is 20.5 Å². The van der Waals surface area contributed by atoms with Gasteiger partial charge in [0, 0.05) is 32.7 Å². The van der Waals surface area contributed by atoms with E-state index in [-0.39, 0.29) is 5.82 Å². The van der Waals surface area contributed by atoms with Crippen LogP contribution in [-0.4, -0.2) is 56.9 Å². The summed E-state index contributed by atoms with van der Waals surface area (Å²) in [6.07, 6.45) is 0. The zero-order chi connectivity index (χ0) is 21.9. The first-order chi connectivity index (χ1) is 15.1. The second-order valence-electron chi connectivity index (χ2n) is 7.58. The Bertz CT molecular complexity index is 853. The van der Waals surface area contributed by atoms with Gasteiger partial charge in [0.2, 0.25) is 0 Å². The number of nitrogens with zero attached hydrogens (tertiary/aromatic N) is 2. The lowest BCUT2D eigenvalue weighted by Crippen LogP contribution is -2.38. The quantitative estimate of drug-likeness (QED) is 0.475. The van der Waals surface area contributed by atoms with Crippen LogP contribution in [-0.2, 0) is 17.8 Å². The number of aryl methyl sites for hydroxylation is 1. The highest BCUT2D eigenvalue weighted by Crippen LogP contribution is 2.14. The van der Waals surface area contributed by atoms with Crippen molar-refractivity contribution in [2.75, 3.05) is 46.0 Å². The molecule has 2 aromatic rings. The lowest BCUT2D eigenvalue weighted by Gasteiger charge is -2.26. The minimum Gasteiger partial charge on any atom is -0.492 e. The van der Waals surface area contributed by atoms with Gasteiger partial charge in [0.1, 0.15) is 18.2 Å². The maximum Gasteiger partial charge on any atom is 0.191 e. The van der Waals surface area contributed by atoms with Crippen molar-refractivity contribution in [3.8, 4) is 5.75 Å². The maximum atomic E-state index is 13.5. The van der Waals surface area contributed by atoms with Crippen LogP contribution in [0.25, 0.3) is 0 Å². The van der Waals surface area contributed by atoms with Crippen LogP contribution in [0.5, 0.6) is 5.75 Å². The Hall–Kier alpha value is -2.64. The van der Waals surface area contributed by atoms with Crippen molar-refractivity contribution < 1.29 is 13.9 Å². The molecule has 1 saturated heterocycles. The van der Waals surface area contributed by atoms with Gasteiger partial charge in [-0.3, -0.25) is 4.90 Å². The summed E-state index contributed by atoms with van der Waals surface area (Å²) in [6, 6.07) is 13.2. The Morgan fingerprint density at radius 1 is 1.13 bits per heavy atom. The molecule has 1 aliphatic heterocycles. The van der Waals surface area contributed by atoms with Gasteiger partial charge in [-0.05, 0) is 48.7 Å². The topological polar surface area (TPSA) is 58.1 Å². The molecule has 31 heavy (non-hydrogen) atoms. The van der Waals surface area contributed by atoms with Gasteiger partial charge in [-0.15, -0.1) is 0 Å². The summed E-state index contributed by atoms with van der Waals surface area (Å²) in [5.41, 5.74) is 2.74. The molecule has 168 valence electrons. The molecule has 2 N–H and O–H groups in total. The predicted molar refractivity (Wildman–Crippen MR) is 122 cm³/mol. The zero-order valence-corrected chi connectivity index (χ0v) is 18.5. The van der Waals surface area contributed by atoms with E-state index >= 15 is 0 Å². The van der Waals surface area contributed by atoms with Crippen molar-refractivity contribution in [1.82, 2.24) is 15.5 Å². The van der Waals surface area contributed by atoms with Gasteiger partial charge in [-0.1, -0.05) is 24.3 Å². The van der Waals surface area contributed by atoms with Crippen LogP contribution >= 0.6 is 0 Å². The second-order valence-corrected chi connectivity index (χ2v) is 7.58. The van der Waals surface area contributed by atoms with Gasteiger partial charge in [0.25, 0.3) is 0 Å². The van der Waals surface area contributed by atoms with Crippen molar-refractivity contribution in [1.29, 1.82) is 0 Å². The summed E-state index contributed by atoms with van der Waals surface area (Å²) < 4.78 is 24.8. The van der Waals surface area contributed by atoms with Crippen molar-refractivity contribution in [3.63, 3.8) is 0 Å². The van der Waals surface area contributed by atoms with E-state index in [9.17, 15) is 4.39 Å². The molecule has 0 unspecified atom stereocenters. The Balaban J connectivity index is 1.51. The number of benzene rings is 2. The molecule has 0 bridgehead atoms. The molecule has 3 rings (SSSR count). The maximum absolute atomic E-state index is 13.5. The van der Waals surface area contributed by atoms with Crippen LogP contribution in [0.15, 0.2) is 47.5 Å². The highest BCUT2D eigenvalue weighted by molar-refractivity contribution is 5.79. The third-order valence-corrected chi connectivity index (χ3v) is 5.12. The molecule has 0 aliphatic carbocycles. The molecule has 1 fully saturated rings. The first-order valence-electron chi connectivity index (χ1n) is 10.9. The average Bonchev–Trinajstić information content (AvgIpc) is 2.79. The first kappa shape index (κ1) is 23.0. The lowest BCUT2D eigenvalue weighted by molar-refractivity contribution is 0.0322. The second kappa shape index (κ2) is 12.3. The Morgan fingerprint density at radius 3 is 2.74 bits per heavy atom. The Labute approximate surface area is 184 Å². The highest BCUT2D eigenvalue weighted by atomic mass is 19.1. The number of rotatable bonds is 9. The van der Waals surface area contributed by atoms with E-state index in [1.165, 1.54) is 6.07 Å². The molecule has 7 heteroatoms. The van der Waals surface area contributed by atoms with E-state index in [0.29, 0.717) is 25.3 Å². The van der Waals surface area contributed by atoms with E-state index in [1.54, 1.807) is 13.0 Å². The first-order valence-corrected chi connectivity index (χ1v) is 10.9. The van der Waals surface area contributed by atoms with Crippen LogP contribution in [0.3, 0.4) is 0 Å². The fourth-order valence-electron chi connectivity index (χ4n) is 3.37. The van der Waals surface area contributed by atoms with Gasteiger partial charge in [0.05, 0.1) is 19.8 Å². The number of morpholine rings is 1. The molecule has 0 amide bonds. The van der Waals surface area contributed by atoms with Gasteiger partial charge in [-0.25, -0.2) is 9.38 Å². The number of nitrogens with one attached hydrogen (secondary N) is 2. The van der Waals surface area contributed by atoms with Crippen molar-refractivity contribution in [2.24, 2.45) is 4.99 Å². The summed E-state index contributed by atoms with van der Waals surface area (Å²) in [7, 11) is 0. The summed E-state index contributed by atoms with van der Waals surface area (Å²) in [5, 5.41) is 6.56. The lowest BCUT2D eigenvalue weighted by atomic mass is 10.1. The summed E-state index contributed by atoms with van der Waals surface area (Å²) >= 11 is 0. The SMILES string of the molecule is CCNC(=NCc1cccc(OCCN2CCOCC2)c1)NCc1ccc(F)c(C)c1. The number of hydrogen-bond donors (Lipinski definition) is 2. The molecule has 1 aliphatic rings. The van der Waals surface area contributed by atoms with Crippen LogP contribution in [0.1, 0.15) is 23.6 Å². The van der Waals surface area contributed by atoms with Gasteiger partial charge in [-0.2, -0.15) is 0 Å². The molecule has 0 saturated carbocycles. The van der Waals surface area contributed by atoms with Gasteiger partial charge < -0.3 is 20.1 Å². The molecule has 6 nitrogen and oxygen atoms in total. The normalized spacial score (nSPS) is 15.0. The molecule has 0 radical (unpaired) electrons. The third kappa shape index (κ3) is 7.84. The molecular weight excluding hydrogens is 395 g/mol. The molecule has 0 aromatic heterocycles. The summed E-state index contributed by atoms with van der Waals surface area (Å²) in [4.78, 5) is 7.03. The van der Waals surface area contributed by atoms with Crippen molar-refractivity contribution in [2.45, 2.75) is 26.9 Å². The zero-order valence-electron chi connectivity index (χ0n) is 18.5. The summed E-state index contributed by atoms with van der Waals surface area (Å²) in [5.74, 6) is 1.40. The molecule has 0 atom stereocenters. The Morgan fingerprint density at radius 2 is 1.97 bits per heavy atom. The number of guanidine groups is 1. The number of aliphatic imine (C=N–C) groups is 1. The number of ether oxygens (including phenoxy) is 2. The molecule has 0 spiro atoms. The molecule has 2 aromatic carbocycles. The van der Waals surface area contributed by atoms with Crippen molar-refractivity contribution >= 4 is 5.96 Å². The van der Waals surface area contributed by atoms with Crippen molar-refractivity contribution in [3.05, 3.63) is 65.0 Å². The predicted octanol–water partition coefficient (Wildman–Crippen LogP) is 3.10. The van der Waals surface area contributed by atoms with E-state index < -0.39 is 0 Å². The van der Waals surface area contributed by atoms with Gasteiger partial charge in [0.15, 0.2) is 5.96 Å². The number of hydrogen-bond acceptors (Lipinski definition) is 4. The van der Waals surface area contributed by atoms with Gasteiger partial charge >= 0.3 is 0 Å². The third-order valence-electron chi connectivity index (χ3n) is 5.12. The fraction of sp³-hybridized carbons (Fsp3) is 0.458. The largest absolute Gasteiger partial charge is 0.492 e. The smallest absolute Gasteiger partial charge is 0.191 e. The summed E-state index contributed by atoms with van der Waals surface area (Å²) in [6.45, 7) is 10.8. The monoisotopic (exact) mass is 428 g/mol. The average molecular weight is 429 g/mol. The van der Waals surface area contributed by atoms with Crippen LogP contribution in [0.2, 0.25) is 0 Å². The van der Waals surface area contributed by atoms with E-state index in [0.717, 1.165) is 62.2 Å². The number of halogens is 1. The van der Waals surface area contributed by atoms with Crippen LogP contribution < -0.4 is 15.4 Å².